The van der Waals surface area contributed by atoms with Crippen LogP contribution >= 0.6 is 0 Å². The Labute approximate surface area is 221 Å². The average molecular weight is 526 g/mol. The summed E-state index contributed by atoms with van der Waals surface area (Å²) in [6.07, 6.45) is 2.29. The highest BCUT2D eigenvalue weighted by Crippen LogP contribution is 2.17. The van der Waals surface area contributed by atoms with Gasteiger partial charge in [0, 0.05) is 24.9 Å². The van der Waals surface area contributed by atoms with Crippen molar-refractivity contribution in [2.24, 2.45) is 11.8 Å². The Kier molecular flexibility index (Phi) is 10.1. The van der Waals surface area contributed by atoms with Crippen molar-refractivity contribution in [3.63, 3.8) is 0 Å². The van der Waals surface area contributed by atoms with Crippen molar-refractivity contribution in [1.82, 2.24) is 26.4 Å². The molecular weight excluding hydrogens is 490 g/mol. The van der Waals surface area contributed by atoms with E-state index in [9.17, 15) is 24.0 Å². The minimum atomic E-state index is -1.01. The zero-order chi connectivity index (χ0) is 27.7. The maximum Gasteiger partial charge on any atom is 0.274 e. The predicted molar refractivity (Wildman–Crippen MR) is 138 cm³/mol. The number of rotatable bonds is 13. The first-order valence-electron chi connectivity index (χ1n) is 12.8. The van der Waals surface area contributed by atoms with E-state index in [4.69, 9.17) is 4.52 Å². The zero-order valence-corrected chi connectivity index (χ0v) is 21.9. The van der Waals surface area contributed by atoms with Gasteiger partial charge in [-0.1, -0.05) is 49.3 Å². The summed E-state index contributed by atoms with van der Waals surface area (Å²) in [6.45, 7) is 5.80. The van der Waals surface area contributed by atoms with Gasteiger partial charge in [-0.3, -0.25) is 19.2 Å². The molecule has 0 aliphatic carbocycles. The summed E-state index contributed by atoms with van der Waals surface area (Å²) in [5.41, 5.74) is 0.853. The van der Waals surface area contributed by atoms with Gasteiger partial charge in [0.2, 0.25) is 17.7 Å². The van der Waals surface area contributed by atoms with E-state index in [1.165, 1.54) is 6.07 Å². The van der Waals surface area contributed by atoms with Crippen LogP contribution in [0.15, 0.2) is 40.9 Å². The third-order valence-corrected chi connectivity index (χ3v) is 6.49. The molecule has 2 aromatic rings. The number of amides is 4. The maximum absolute atomic E-state index is 13.3. The topological polar surface area (TPSA) is 160 Å². The average Bonchev–Trinajstić information content (AvgIpc) is 3.52. The number of nitrogens with zero attached hydrogens (tertiary/aromatic N) is 1. The smallest absolute Gasteiger partial charge is 0.274 e. The molecule has 2 heterocycles. The minimum Gasteiger partial charge on any atom is -0.361 e. The van der Waals surface area contributed by atoms with E-state index < -0.39 is 35.8 Å². The van der Waals surface area contributed by atoms with Crippen LogP contribution in [0.4, 0.5) is 0 Å². The van der Waals surface area contributed by atoms with Crippen LogP contribution in [0.25, 0.3) is 0 Å². The lowest BCUT2D eigenvalue weighted by atomic mass is 9.98. The number of aromatic nitrogens is 1. The molecule has 0 spiro atoms. The van der Waals surface area contributed by atoms with Gasteiger partial charge in [-0.05, 0) is 37.7 Å². The van der Waals surface area contributed by atoms with Gasteiger partial charge >= 0.3 is 0 Å². The van der Waals surface area contributed by atoms with E-state index in [1.807, 2.05) is 30.3 Å². The number of nitrogens with one attached hydrogen (secondary N) is 4. The maximum atomic E-state index is 13.3. The van der Waals surface area contributed by atoms with Crippen LogP contribution in [0.2, 0.25) is 0 Å². The molecular formula is C27H35N5O6. The first-order valence-corrected chi connectivity index (χ1v) is 12.8. The van der Waals surface area contributed by atoms with Gasteiger partial charge in [0.25, 0.3) is 5.91 Å². The Morgan fingerprint density at radius 3 is 2.45 bits per heavy atom. The van der Waals surface area contributed by atoms with Gasteiger partial charge in [-0.25, -0.2) is 0 Å². The third-order valence-electron chi connectivity index (χ3n) is 6.49. The molecule has 1 saturated heterocycles. The van der Waals surface area contributed by atoms with E-state index in [-0.39, 0.29) is 29.9 Å². The highest BCUT2D eigenvalue weighted by Gasteiger charge is 2.31. The molecule has 1 fully saturated rings. The van der Waals surface area contributed by atoms with E-state index in [1.54, 1.807) is 20.8 Å². The largest absolute Gasteiger partial charge is 0.361 e. The molecule has 11 nitrogen and oxygen atoms in total. The van der Waals surface area contributed by atoms with Crippen LogP contribution in [0.3, 0.4) is 0 Å². The number of hydrogen-bond acceptors (Lipinski definition) is 7. The second-order valence-corrected chi connectivity index (χ2v) is 9.87. The summed E-state index contributed by atoms with van der Waals surface area (Å²) in [5.74, 6) is -1.72. The lowest BCUT2D eigenvalue weighted by Gasteiger charge is -2.26. The van der Waals surface area contributed by atoms with E-state index in [0.29, 0.717) is 37.9 Å². The number of hydrogen-bond donors (Lipinski definition) is 4. The molecule has 4 N–H and O–H groups in total. The Morgan fingerprint density at radius 1 is 1.13 bits per heavy atom. The molecule has 4 amide bonds. The molecule has 0 unspecified atom stereocenters. The summed E-state index contributed by atoms with van der Waals surface area (Å²) in [7, 11) is 0. The molecule has 0 radical (unpaired) electrons. The Bertz CT molecular complexity index is 1130. The first-order chi connectivity index (χ1) is 18.2. The van der Waals surface area contributed by atoms with Crippen molar-refractivity contribution in [2.45, 2.75) is 64.6 Å². The number of carbonyl (C=O) groups excluding carboxylic acids is 5. The van der Waals surface area contributed by atoms with Crippen LogP contribution in [0.5, 0.6) is 0 Å². The molecule has 1 aromatic heterocycles. The van der Waals surface area contributed by atoms with Gasteiger partial charge in [0.05, 0.1) is 6.04 Å². The molecule has 4 atom stereocenters. The molecule has 3 rings (SSSR count). The van der Waals surface area contributed by atoms with Crippen LogP contribution in [-0.4, -0.2) is 59.7 Å². The van der Waals surface area contributed by atoms with E-state index in [2.05, 4.69) is 26.4 Å². The molecule has 11 heteroatoms. The molecule has 0 saturated carbocycles. The standard InChI is InChI=1S/C27H35N5O6/c1-16(2)23(31-26(36)22-13-17(3)38-32-22)27(37)30-21(14-18-7-5-4-6-8-18)25(35)29-20(15-33)10-9-19-11-12-28-24(19)34/h4-8,13,15-16,19-21,23H,9-12,14H2,1-3H3,(H,28,34)(H,29,35)(H,30,37)(H,31,36)/t19-,20+,21+,23+/m1/s1. The quantitative estimate of drug-likeness (QED) is 0.285. The Morgan fingerprint density at radius 2 is 1.87 bits per heavy atom. The normalized spacial score (nSPS) is 17.3. The van der Waals surface area contributed by atoms with Crippen molar-refractivity contribution in [3.05, 3.63) is 53.4 Å². The van der Waals surface area contributed by atoms with E-state index in [0.717, 1.165) is 5.56 Å². The van der Waals surface area contributed by atoms with Crippen molar-refractivity contribution in [1.29, 1.82) is 0 Å². The summed E-state index contributed by atoms with van der Waals surface area (Å²) in [6, 6.07) is 7.85. The molecule has 204 valence electrons. The second-order valence-electron chi connectivity index (χ2n) is 9.87. The molecule has 1 aromatic carbocycles. The van der Waals surface area contributed by atoms with Gasteiger partial charge in [-0.2, -0.15) is 0 Å². The fourth-order valence-electron chi connectivity index (χ4n) is 4.30. The van der Waals surface area contributed by atoms with Crippen LogP contribution < -0.4 is 21.3 Å². The predicted octanol–water partition coefficient (Wildman–Crippen LogP) is 1.06. The van der Waals surface area contributed by atoms with E-state index >= 15 is 0 Å². The number of aryl methyl sites for hydroxylation is 1. The fourth-order valence-corrected chi connectivity index (χ4v) is 4.30. The lowest BCUT2D eigenvalue weighted by molar-refractivity contribution is -0.131. The van der Waals surface area contributed by atoms with Gasteiger partial charge in [0.15, 0.2) is 5.69 Å². The SMILES string of the molecule is Cc1cc(C(=O)N[C@H](C(=O)N[C@@H](Cc2ccccc2)C(=O)N[C@H](C=O)CC[C@@H]2CCNC2=O)C(C)C)no1. The van der Waals surface area contributed by atoms with Gasteiger partial charge < -0.3 is 30.6 Å². The number of carbonyl (C=O) groups is 5. The third kappa shape index (κ3) is 7.99. The van der Waals surface area contributed by atoms with Crippen molar-refractivity contribution in [2.75, 3.05) is 6.54 Å². The number of benzene rings is 1. The highest BCUT2D eigenvalue weighted by atomic mass is 16.5. The summed E-state index contributed by atoms with van der Waals surface area (Å²) in [5, 5.41) is 14.6. The molecule has 1 aliphatic rings. The summed E-state index contributed by atoms with van der Waals surface area (Å²) >= 11 is 0. The molecule has 0 bridgehead atoms. The van der Waals surface area contributed by atoms with Gasteiger partial charge in [0.1, 0.15) is 24.1 Å². The zero-order valence-electron chi connectivity index (χ0n) is 21.9. The summed E-state index contributed by atoms with van der Waals surface area (Å²) < 4.78 is 4.94. The Hall–Kier alpha value is -4.02. The van der Waals surface area contributed by atoms with Crippen LogP contribution in [0.1, 0.15) is 54.9 Å². The minimum absolute atomic E-state index is 0.0438. The van der Waals surface area contributed by atoms with Crippen LogP contribution in [-0.2, 0) is 25.6 Å². The van der Waals surface area contributed by atoms with Crippen molar-refractivity contribution < 1.29 is 28.5 Å². The van der Waals surface area contributed by atoms with Gasteiger partial charge in [-0.15, -0.1) is 0 Å². The lowest BCUT2D eigenvalue weighted by Crippen LogP contribution is -2.57. The van der Waals surface area contributed by atoms with Crippen molar-refractivity contribution >= 4 is 29.9 Å². The van der Waals surface area contributed by atoms with Crippen LogP contribution in [0, 0.1) is 18.8 Å². The Balaban J connectivity index is 1.70. The second kappa shape index (κ2) is 13.5. The molecule has 1 aliphatic heterocycles. The summed E-state index contributed by atoms with van der Waals surface area (Å²) in [4.78, 5) is 62.7. The highest BCUT2D eigenvalue weighted by molar-refractivity contribution is 5.97. The molecule has 38 heavy (non-hydrogen) atoms. The number of aldehydes is 1. The van der Waals surface area contributed by atoms with Crippen molar-refractivity contribution in [3.8, 4) is 0 Å². The first kappa shape index (κ1) is 28.5. The monoisotopic (exact) mass is 525 g/mol. The fraction of sp³-hybridized carbons (Fsp3) is 0.481.